The van der Waals surface area contributed by atoms with Crippen LogP contribution in [0.1, 0.15) is 25.5 Å². The molecule has 1 atom stereocenters. The second kappa shape index (κ2) is 9.25. The Bertz CT molecular complexity index is 740. The molecule has 0 radical (unpaired) electrons. The first-order valence-corrected chi connectivity index (χ1v) is 10.1. The number of hydrogen-bond acceptors (Lipinski definition) is 3. The summed E-state index contributed by atoms with van der Waals surface area (Å²) in [5, 5.41) is 0.782. The van der Waals surface area contributed by atoms with Crippen molar-refractivity contribution in [2.45, 2.75) is 19.9 Å². The summed E-state index contributed by atoms with van der Waals surface area (Å²) in [6.07, 6.45) is 0. The first-order chi connectivity index (χ1) is 13.2. The molecule has 0 spiro atoms. The van der Waals surface area contributed by atoms with Gasteiger partial charge in [-0.05, 0) is 31.5 Å². The van der Waals surface area contributed by atoms with E-state index in [1.165, 1.54) is 0 Å². The molecule has 27 heavy (non-hydrogen) atoms. The number of carbonyl (C=O) groups excluding carboxylic acids is 1. The number of rotatable bonds is 6. The second-order valence-corrected chi connectivity index (χ2v) is 7.21. The summed E-state index contributed by atoms with van der Waals surface area (Å²) in [7, 11) is 0. The van der Waals surface area contributed by atoms with Gasteiger partial charge in [-0.1, -0.05) is 54.1 Å². The molecule has 1 heterocycles. The van der Waals surface area contributed by atoms with E-state index in [9.17, 15) is 4.79 Å². The minimum Gasteiger partial charge on any atom is -0.368 e. The molecule has 1 aliphatic heterocycles. The van der Waals surface area contributed by atoms with Gasteiger partial charge in [0.1, 0.15) is 6.04 Å². The molecule has 0 aromatic heterocycles. The molecule has 0 aliphatic carbocycles. The molecule has 1 aliphatic rings. The predicted molar refractivity (Wildman–Crippen MR) is 112 cm³/mol. The quantitative estimate of drug-likeness (QED) is 0.749. The topological polar surface area (TPSA) is 26.8 Å². The van der Waals surface area contributed by atoms with Crippen LogP contribution in [0.15, 0.2) is 54.6 Å². The van der Waals surface area contributed by atoms with Crippen LogP contribution in [0.2, 0.25) is 5.02 Å². The van der Waals surface area contributed by atoms with Crippen molar-refractivity contribution >= 4 is 23.2 Å². The number of carbonyl (C=O) groups is 1. The Morgan fingerprint density at radius 3 is 2.15 bits per heavy atom. The molecule has 1 amide bonds. The van der Waals surface area contributed by atoms with Crippen LogP contribution in [-0.4, -0.2) is 55.0 Å². The molecule has 1 fully saturated rings. The van der Waals surface area contributed by atoms with Crippen LogP contribution in [0.4, 0.5) is 5.69 Å². The number of likely N-dealkylation sites (N-methyl/N-ethyl adjacent to an activating group) is 1. The van der Waals surface area contributed by atoms with Gasteiger partial charge in [0.05, 0.1) is 10.7 Å². The summed E-state index contributed by atoms with van der Waals surface area (Å²) < 4.78 is 0. The van der Waals surface area contributed by atoms with E-state index in [4.69, 9.17) is 11.6 Å². The van der Waals surface area contributed by atoms with Gasteiger partial charge in [-0.15, -0.1) is 0 Å². The summed E-state index contributed by atoms with van der Waals surface area (Å²) in [6, 6.07) is 17.9. The Balaban J connectivity index is 1.78. The van der Waals surface area contributed by atoms with Crippen LogP contribution in [0.3, 0.4) is 0 Å². The van der Waals surface area contributed by atoms with Crippen LogP contribution in [-0.2, 0) is 4.79 Å². The van der Waals surface area contributed by atoms with Crippen molar-refractivity contribution in [3.05, 3.63) is 65.2 Å². The van der Waals surface area contributed by atoms with Crippen LogP contribution in [0, 0.1) is 0 Å². The van der Waals surface area contributed by atoms with Gasteiger partial charge in [0, 0.05) is 39.3 Å². The van der Waals surface area contributed by atoms with Gasteiger partial charge >= 0.3 is 0 Å². The highest BCUT2D eigenvalue weighted by molar-refractivity contribution is 6.33. The molecule has 0 N–H and O–H groups in total. The fourth-order valence-corrected chi connectivity index (χ4v) is 4.04. The summed E-state index contributed by atoms with van der Waals surface area (Å²) >= 11 is 6.37. The largest absolute Gasteiger partial charge is 0.368 e. The Morgan fingerprint density at radius 1 is 0.963 bits per heavy atom. The van der Waals surface area contributed by atoms with Crippen molar-refractivity contribution in [3.8, 4) is 0 Å². The SMILES string of the molecule is CCN(CC)C(=O)C(c1ccccc1)N1CCN(c2ccccc2Cl)CC1. The molecular formula is C22H28ClN3O. The average Bonchev–Trinajstić information content (AvgIpc) is 2.71. The Kier molecular flexibility index (Phi) is 6.75. The standard InChI is InChI=1S/C22H28ClN3O/c1-3-24(4-2)22(27)21(18-10-6-5-7-11-18)26-16-14-25(15-17-26)20-13-9-8-12-19(20)23/h5-13,21H,3-4,14-17H2,1-2H3. The highest BCUT2D eigenvalue weighted by Crippen LogP contribution is 2.29. The summed E-state index contributed by atoms with van der Waals surface area (Å²) in [4.78, 5) is 19.8. The lowest BCUT2D eigenvalue weighted by Gasteiger charge is -2.41. The number of para-hydroxylation sites is 1. The van der Waals surface area contributed by atoms with Crippen molar-refractivity contribution in [1.82, 2.24) is 9.80 Å². The van der Waals surface area contributed by atoms with Gasteiger partial charge in [-0.2, -0.15) is 0 Å². The lowest BCUT2D eigenvalue weighted by molar-refractivity contribution is -0.137. The number of nitrogens with zero attached hydrogens (tertiary/aromatic N) is 3. The summed E-state index contributed by atoms with van der Waals surface area (Å²) in [5.41, 5.74) is 2.14. The molecule has 0 saturated carbocycles. The number of piperazine rings is 1. The molecule has 144 valence electrons. The first kappa shape index (κ1) is 19.7. The number of amides is 1. The average molecular weight is 386 g/mol. The van der Waals surface area contributed by atoms with Crippen LogP contribution in [0.25, 0.3) is 0 Å². The molecule has 4 nitrogen and oxygen atoms in total. The van der Waals surface area contributed by atoms with Gasteiger partial charge in [0.15, 0.2) is 0 Å². The van der Waals surface area contributed by atoms with E-state index >= 15 is 0 Å². The molecule has 2 aromatic rings. The Hall–Kier alpha value is -2.04. The Labute approximate surface area is 167 Å². The van der Waals surface area contributed by atoms with Crippen molar-refractivity contribution in [3.63, 3.8) is 0 Å². The van der Waals surface area contributed by atoms with Crippen molar-refractivity contribution in [1.29, 1.82) is 0 Å². The van der Waals surface area contributed by atoms with E-state index in [1.807, 2.05) is 55.1 Å². The highest BCUT2D eigenvalue weighted by atomic mass is 35.5. The van der Waals surface area contributed by atoms with Gasteiger partial charge in [0.2, 0.25) is 5.91 Å². The number of anilines is 1. The minimum atomic E-state index is -0.223. The first-order valence-electron chi connectivity index (χ1n) is 9.73. The second-order valence-electron chi connectivity index (χ2n) is 6.80. The molecule has 0 bridgehead atoms. The molecule has 2 aromatic carbocycles. The number of hydrogen-bond donors (Lipinski definition) is 0. The van der Waals surface area contributed by atoms with Gasteiger partial charge in [-0.3, -0.25) is 9.69 Å². The number of halogens is 1. The van der Waals surface area contributed by atoms with E-state index < -0.39 is 0 Å². The van der Waals surface area contributed by atoms with E-state index in [0.717, 1.165) is 55.5 Å². The van der Waals surface area contributed by atoms with E-state index in [1.54, 1.807) is 0 Å². The zero-order valence-corrected chi connectivity index (χ0v) is 16.9. The van der Waals surface area contributed by atoms with Crippen molar-refractivity contribution < 1.29 is 4.79 Å². The van der Waals surface area contributed by atoms with Crippen LogP contribution >= 0.6 is 11.6 Å². The van der Waals surface area contributed by atoms with Crippen LogP contribution < -0.4 is 4.90 Å². The highest BCUT2D eigenvalue weighted by Gasteiger charge is 2.32. The maximum Gasteiger partial charge on any atom is 0.244 e. The lowest BCUT2D eigenvalue weighted by Crippen LogP contribution is -2.51. The zero-order valence-electron chi connectivity index (χ0n) is 16.1. The zero-order chi connectivity index (χ0) is 19.2. The van der Waals surface area contributed by atoms with Crippen LogP contribution in [0.5, 0.6) is 0 Å². The van der Waals surface area contributed by atoms with Crippen molar-refractivity contribution in [2.75, 3.05) is 44.2 Å². The Morgan fingerprint density at radius 2 is 1.56 bits per heavy atom. The lowest BCUT2D eigenvalue weighted by atomic mass is 10.0. The van der Waals surface area contributed by atoms with Gasteiger partial charge in [0.25, 0.3) is 0 Å². The molecule has 1 saturated heterocycles. The third kappa shape index (κ3) is 4.45. The van der Waals surface area contributed by atoms with Crippen molar-refractivity contribution in [2.24, 2.45) is 0 Å². The monoisotopic (exact) mass is 385 g/mol. The predicted octanol–water partition coefficient (Wildman–Crippen LogP) is 4.07. The maximum atomic E-state index is 13.3. The third-order valence-electron chi connectivity index (χ3n) is 5.30. The fraction of sp³-hybridized carbons (Fsp3) is 0.409. The molecular weight excluding hydrogens is 358 g/mol. The minimum absolute atomic E-state index is 0.192. The van der Waals surface area contributed by atoms with E-state index in [0.29, 0.717) is 0 Å². The molecule has 3 rings (SSSR count). The molecule has 5 heteroatoms. The van der Waals surface area contributed by atoms with Gasteiger partial charge < -0.3 is 9.80 Å². The molecule has 1 unspecified atom stereocenters. The smallest absolute Gasteiger partial charge is 0.244 e. The third-order valence-corrected chi connectivity index (χ3v) is 5.62. The van der Waals surface area contributed by atoms with E-state index in [-0.39, 0.29) is 11.9 Å². The normalized spacial score (nSPS) is 16.2. The maximum absolute atomic E-state index is 13.3. The van der Waals surface area contributed by atoms with Gasteiger partial charge in [-0.25, -0.2) is 0 Å². The number of benzene rings is 2. The van der Waals surface area contributed by atoms with E-state index in [2.05, 4.69) is 28.0 Å². The summed E-state index contributed by atoms with van der Waals surface area (Å²) in [6.45, 7) is 8.93. The fourth-order valence-electron chi connectivity index (χ4n) is 3.78. The summed E-state index contributed by atoms with van der Waals surface area (Å²) in [5.74, 6) is 0.192.